The predicted octanol–water partition coefficient (Wildman–Crippen LogP) is 5.63. The van der Waals surface area contributed by atoms with E-state index in [2.05, 4.69) is 14.8 Å². The third-order valence-electron chi connectivity index (χ3n) is 4.33. The van der Waals surface area contributed by atoms with Crippen molar-refractivity contribution in [1.29, 1.82) is 0 Å². The second kappa shape index (κ2) is 8.95. The van der Waals surface area contributed by atoms with Gasteiger partial charge in [-0.05, 0) is 62.1 Å². The van der Waals surface area contributed by atoms with Crippen molar-refractivity contribution in [1.82, 2.24) is 0 Å². The highest BCUT2D eigenvalue weighted by molar-refractivity contribution is 5.97. The van der Waals surface area contributed by atoms with Crippen LogP contribution in [-0.2, 0) is 6.54 Å². The molecule has 8 heteroatoms. The second-order valence-electron chi connectivity index (χ2n) is 6.31. The van der Waals surface area contributed by atoms with Gasteiger partial charge in [-0.2, -0.15) is 17.6 Å². The molecule has 0 amide bonds. The zero-order chi connectivity index (χ0) is 21.0. The zero-order valence-electron chi connectivity index (χ0n) is 15.9. The third kappa shape index (κ3) is 5.15. The van der Waals surface area contributed by atoms with Crippen LogP contribution in [0, 0.1) is 20.8 Å². The van der Waals surface area contributed by atoms with Crippen molar-refractivity contribution in [3.8, 4) is 11.5 Å². The molecule has 0 radical (unpaired) electrons. The van der Waals surface area contributed by atoms with E-state index in [0.717, 1.165) is 28.3 Å². The summed E-state index contributed by atoms with van der Waals surface area (Å²) in [6.45, 7) is 1.06. The molecule has 0 saturated carbocycles. The number of anilines is 1. The Labute approximate surface area is 160 Å². The quantitative estimate of drug-likeness (QED) is 0.462. The number of hydrogen-bond donors (Lipinski definition) is 1. The van der Waals surface area contributed by atoms with E-state index in [9.17, 15) is 22.4 Å². The molecule has 152 valence electrons. The summed E-state index contributed by atoms with van der Waals surface area (Å²) < 4.78 is 58.7. The highest BCUT2D eigenvalue weighted by atomic mass is 19.3. The normalized spacial score (nSPS) is 11.1. The lowest BCUT2D eigenvalue weighted by molar-refractivity contribution is -0.0539. The molecule has 0 fully saturated rings. The first kappa shape index (κ1) is 21.5. The van der Waals surface area contributed by atoms with E-state index in [1.165, 1.54) is 19.1 Å². The van der Waals surface area contributed by atoms with Gasteiger partial charge < -0.3 is 14.8 Å². The molecule has 0 saturated heterocycles. The lowest BCUT2D eigenvalue weighted by Gasteiger charge is -2.18. The molecular formula is C20H21F4NO3. The van der Waals surface area contributed by atoms with E-state index in [4.69, 9.17) is 0 Å². The number of carbonyl (C=O) groups excluding carboxylic acids is 1. The van der Waals surface area contributed by atoms with Crippen LogP contribution in [0.5, 0.6) is 11.5 Å². The number of rotatable bonds is 8. The van der Waals surface area contributed by atoms with Gasteiger partial charge in [0.15, 0.2) is 11.5 Å². The molecular weight excluding hydrogens is 378 g/mol. The fraction of sp³-hybridized carbons (Fsp3) is 0.350. The van der Waals surface area contributed by atoms with Gasteiger partial charge in [0, 0.05) is 18.2 Å². The summed E-state index contributed by atoms with van der Waals surface area (Å²) in [5.74, 6) is -0.674. The number of ether oxygens (including phenoxy) is 2. The van der Waals surface area contributed by atoms with Crippen molar-refractivity contribution in [2.75, 3.05) is 5.32 Å². The van der Waals surface area contributed by atoms with E-state index < -0.39 is 13.2 Å². The number of ketones is 1. The minimum absolute atomic E-state index is 0.0635. The lowest BCUT2D eigenvalue weighted by Crippen LogP contribution is -2.11. The van der Waals surface area contributed by atoms with Crippen molar-refractivity contribution < 1.29 is 31.8 Å². The van der Waals surface area contributed by atoms with Gasteiger partial charge in [0.25, 0.3) is 0 Å². The summed E-state index contributed by atoms with van der Waals surface area (Å²) in [5, 5.41) is 2.97. The summed E-state index contributed by atoms with van der Waals surface area (Å²) in [5.41, 5.74) is 4.24. The van der Waals surface area contributed by atoms with Gasteiger partial charge in [-0.15, -0.1) is 0 Å². The van der Waals surface area contributed by atoms with Gasteiger partial charge in [-0.1, -0.05) is 6.07 Å². The van der Waals surface area contributed by atoms with E-state index in [0.29, 0.717) is 5.56 Å². The van der Waals surface area contributed by atoms with Crippen LogP contribution < -0.4 is 14.8 Å². The maximum atomic E-state index is 12.7. The maximum Gasteiger partial charge on any atom is 0.387 e. The molecule has 28 heavy (non-hydrogen) atoms. The first-order valence-electron chi connectivity index (χ1n) is 8.48. The molecule has 0 spiro atoms. The molecule has 0 unspecified atom stereocenters. The largest absolute Gasteiger partial charge is 0.435 e. The fourth-order valence-electron chi connectivity index (χ4n) is 3.24. The molecule has 0 aromatic heterocycles. The lowest BCUT2D eigenvalue weighted by atomic mass is 9.91. The fourth-order valence-corrected chi connectivity index (χ4v) is 3.24. The topological polar surface area (TPSA) is 47.6 Å². The molecule has 0 aliphatic rings. The average molecular weight is 399 g/mol. The second-order valence-corrected chi connectivity index (χ2v) is 6.31. The molecule has 0 aliphatic carbocycles. The van der Waals surface area contributed by atoms with Crippen molar-refractivity contribution >= 4 is 11.5 Å². The van der Waals surface area contributed by atoms with E-state index in [1.54, 1.807) is 0 Å². The van der Waals surface area contributed by atoms with Gasteiger partial charge >= 0.3 is 13.2 Å². The standard InChI is InChI=1S/C20H21F4NO3/c1-10-7-11(2)18(13(4)26)12(3)15(10)9-25-16-6-5-14(27-19(21)22)8-17(16)28-20(23)24/h5-8,19-20,25H,9H2,1-4H3. The van der Waals surface area contributed by atoms with Gasteiger partial charge in [0.2, 0.25) is 0 Å². The molecule has 0 atom stereocenters. The Morgan fingerprint density at radius 3 is 2.21 bits per heavy atom. The van der Waals surface area contributed by atoms with E-state index in [-0.39, 0.29) is 29.5 Å². The van der Waals surface area contributed by atoms with Crippen molar-refractivity contribution in [2.24, 2.45) is 0 Å². The Hall–Kier alpha value is -2.77. The third-order valence-corrected chi connectivity index (χ3v) is 4.33. The smallest absolute Gasteiger partial charge is 0.387 e. The van der Waals surface area contributed by atoms with Crippen LogP contribution in [0.2, 0.25) is 0 Å². The van der Waals surface area contributed by atoms with Crippen molar-refractivity contribution in [3.05, 3.63) is 52.1 Å². The molecule has 0 heterocycles. The monoisotopic (exact) mass is 399 g/mol. The molecule has 1 N–H and O–H groups in total. The Morgan fingerprint density at radius 1 is 1.00 bits per heavy atom. The molecule has 2 rings (SSSR count). The summed E-state index contributed by atoms with van der Waals surface area (Å²) in [4.78, 5) is 11.9. The number of halogens is 4. The van der Waals surface area contributed by atoms with Crippen molar-refractivity contribution in [3.63, 3.8) is 0 Å². The van der Waals surface area contributed by atoms with E-state index >= 15 is 0 Å². The Balaban J connectivity index is 2.33. The van der Waals surface area contributed by atoms with Crippen LogP contribution in [0.1, 0.15) is 39.5 Å². The first-order chi connectivity index (χ1) is 13.1. The van der Waals surface area contributed by atoms with Gasteiger partial charge in [-0.25, -0.2) is 0 Å². The zero-order valence-corrected chi connectivity index (χ0v) is 15.9. The number of nitrogens with one attached hydrogen (secondary N) is 1. The molecule has 2 aromatic carbocycles. The summed E-state index contributed by atoms with van der Waals surface area (Å²) in [7, 11) is 0. The number of Topliss-reactive ketones (excluding diaryl/α,β-unsaturated/α-hetero) is 1. The van der Waals surface area contributed by atoms with Gasteiger partial charge in [0.05, 0.1) is 5.69 Å². The minimum Gasteiger partial charge on any atom is -0.435 e. The highest BCUT2D eigenvalue weighted by Gasteiger charge is 2.16. The Bertz CT molecular complexity index is 869. The first-order valence-corrected chi connectivity index (χ1v) is 8.48. The number of benzene rings is 2. The number of hydrogen-bond acceptors (Lipinski definition) is 4. The highest BCUT2D eigenvalue weighted by Crippen LogP contribution is 2.32. The summed E-state index contributed by atoms with van der Waals surface area (Å²) in [6, 6.07) is 5.40. The Morgan fingerprint density at radius 2 is 1.64 bits per heavy atom. The number of carbonyl (C=O) groups is 1. The number of aryl methyl sites for hydroxylation is 2. The SMILES string of the molecule is CC(=O)c1c(C)cc(C)c(CNc2ccc(OC(F)F)cc2OC(F)F)c1C. The van der Waals surface area contributed by atoms with Crippen LogP contribution in [-0.4, -0.2) is 19.0 Å². The maximum absolute atomic E-state index is 12.7. The van der Waals surface area contributed by atoms with Gasteiger partial charge in [0.1, 0.15) is 5.75 Å². The van der Waals surface area contributed by atoms with Gasteiger partial charge in [-0.3, -0.25) is 4.79 Å². The van der Waals surface area contributed by atoms with Crippen LogP contribution in [0.3, 0.4) is 0 Å². The molecule has 0 aliphatic heterocycles. The van der Waals surface area contributed by atoms with Crippen molar-refractivity contribution in [2.45, 2.75) is 47.5 Å². The summed E-state index contributed by atoms with van der Waals surface area (Å²) in [6.07, 6.45) is 0. The molecule has 2 aromatic rings. The summed E-state index contributed by atoms with van der Waals surface area (Å²) >= 11 is 0. The van der Waals surface area contributed by atoms with Crippen LogP contribution >= 0.6 is 0 Å². The van der Waals surface area contributed by atoms with Crippen LogP contribution in [0.4, 0.5) is 23.2 Å². The number of alkyl halides is 4. The Kier molecular flexibility index (Phi) is 6.88. The minimum atomic E-state index is -3.13. The van der Waals surface area contributed by atoms with Crippen LogP contribution in [0.15, 0.2) is 24.3 Å². The molecule has 4 nitrogen and oxygen atoms in total. The molecule has 0 bridgehead atoms. The van der Waals surface area contributed by atoms with Crippen LogP contribution in [0.25, 0.3) is 0 Å². The average Bonchev–Trinajstić information content (AvgIpc) is 2.54. The predicted molar refractivity (Wildman–Crippen MR) is 97.7 cm³/mol. The van der Waals surface area contributed by atoms with E-state index in [1.807, 2.05) is 26.8 Å².